The van der Waals surface area contributed by atoms with Gasteiger partial charge in [-0.2, -0.15) is 0 Å². The molecule has 1 saturated carbocycles. The predicted octanol–water partition coefficient (Wildman–Crippen LogP) is 1.92. The predicted molar refractivity (Wildman–Crippen MR) is 47.0 cm³/mol. The number of carbonyl (C=O) groups is 1. The quantitative estimate of drug-likeness (QED) is 0.654. The van der Waals surface area contributed by atoms with E-state index in [0.717, 1.165) is 12.8 Å². The summed E-state index contributed by atoms with van der Waals surface area (Å²) in [5.74, 6) is 0. The molecule has 0 saturated heterocycles. The zero-order valence-electron chi connectivity index (χ0n) is 8.02. The van der Waals surface area contributed by atoms with Gasteiger partial charge in [0.25, 0.3) is 0 Å². The zero-order chi connectivity index (χ0) is 9.19. The van der Waals surface area contributed by atoms with Crippen molar-refractivity contribution in [2.75, 3.05) is 7.11 Å². The lowest BCUT2D eigenvalue weighted by Gasteiger charge is -2.17. The Morgan fingerprint density at radius 2 is 2.25 bits per heavy atom. The number of hydrogen-bond acceptors (Lipinski definition) is 2. The molecule has 0 bridgehead atoms. The largest absolute Gasteiger partial charge is 0.453 e. The van der Waals surface area contributed by atoms with Gasteiger partial charge in [-0.05, 0) is 24.7 Å². The molecule has 0 aromatic carbocycles. The highest BCUT2D eigenvalue weighted by Crippen LogP contribution is 2.36. The molecule has 0 spiro atoms. The van der Waals surface area contributed by atoms with Crippen LogP contribution in [-0.2, 0) is 4.74 Å². The van der Waals surface area contributed by atoms with Crippen molar-refractivity contribution in [3.63, 3.8) is 0 Å². The molecule has 0 aliphatic heterocycles. The minimum atomic E-state index is -0.308. The molecule has 1 aliphatic rings. The molecule has 3 heteroatoms. The molecule has 0 radical (unpaired) electrons. The molecule has 3 nitrogen and oxygen atoms in total. The summed E-state index contributed by atoms with van der Waals surface area (Å²) in [6.45, 7) is 4.46. The van der Waals surface area contributed by atoms with Gasteiger partial charge in [0.05, 0.1) is 7.11 Å². The third kappa shape index (κ3) is 2.40. The van der Waals surface area contributed by atoms with Crippen molar-refractivity contribution >= 4 is 6.09 Å². The molecule has 12 heavy (non-hydrogen) atoms. The van der Waals surface area contributed by atoms with Crippen molar-refractivity contribution in [3.8, 4) is 0 Å². The maximum Gasteiger partial charge on any atom is 0.407 e. The normalized spacial score (nSPS) is 26.8. The van der Waals surface area contributed by atoms with Crippen LogP contribution in [0.1, 0.15) is 33.1 Å². The van der Waals surface area contributed by atoms with Crippen molar-refractivity contribution in [2.24, 2.45) is 5.41 Å². The standard InChI is InChI=1S/C9H17NO2/c1-9(2)5-4-7(6-9)10-8(11)12-3/h7H,4-6H2,1-3H3,(H,10,11). The van der Waals surface area contributed by atoms with E-state index in [4.69, 9.17) is 0 Å². The Kier molecular flexibility index (Phi) is 2.60. The molecule has 0 heterocycles. The van der Waals surface area contributed by atoms with Gasteiger partial charge in [-0.3, -0.25) is 0 Å². The summed E-state index contributed by atoms with van der Waals surface area (Å²) in [5.41, 5.74) is 0.381. The lowest BCUT2D eigenvalue weighted by molar-refractivity contribution is 0.166. The summed E-state index contributed by atoms with van der Waals surface area (Å²) in [6.07, 6.45) is 3.00. The lowest BCUT2D eigenvalue weighted by atomic mass is 9.92. The van der Waals surface area contributed by atoms with Crippen LogP contribution >= 0.6 is 0 Å². The fraction of sp³-hybridized carbons (Fsp3) is 0.889. The fourth-order valence-corrected chi connectivity index (χ4v) is 1.78. The van der Waals surface area contributed by atoms with Crippen LogP contribution in [0.15, 0.2) is 0 Å². The summed E-state index contributed by atoms with van der Waals surface area (Å²) >= 11 is 0. The third-order valence-electron chi connectivity index (χ3n) is 2.48. The first kappa shape index (κ1) is 9.36. The number of rotatable bonds is 1. The molecule has 70 valence electrons. The number of carbonyl (C=O) groups excluding carboxylic acids is 1. The van der Waals surface area contributed by atoms with Crippen LogP contribution in [0, 0.1) is 5.41 Å². The Bertz CT molecular complexity index is 177. The number of alkyl carbamates (subject to hydrolysis) is 1. The van der Waals surface area contributed by atoms with Crippen LogP contribution < -0.4 is 5.32 Å². The van der Waals surface area contributed by atoms with Crippen LogP contribution in [0.4, 0.5) is 4.79 Å². The van der Waals surface area contributed by atoms with Gasteiger partial charge < -0.3 is 10.1 Å². The first-order valence-corrected chi connectivity index (χ1v) is 4.38. The Balaban J connectivity index is 2.33. The van der Waals surface area contributed by atoms with Crippen molar-refractivity contribution in [1.29, 1.82) is 0 Å². The monoisotopic (exact) mass is 171 g/mol. The minimum Gasteiger partial charge on any atom is -0.453 e. The van der Waals surface area contributed by atoms with Gasteiger partial charge in [-0.15, -0.1) is 0 Å². The topological polar surface area (TPSA) is 38.3 Å². The van der Waals surface area contributed by atoms with Gasteiger partial charge >= 0.3 is 6.09 Å². The Morgan fingerprint density at radius 1 is 1.58 bits per heavy atom. The smallest absolute Gasteiger partial charge is 0.407 e. The van der Waals surface area contributed by atoms with Crippen LogP contribution in [0.5, 0.6) is 0 Å². The third-order valence-corrected chi connectivity index (χ3v) is 2.48. The summed E-state index contributed by atoms with van der Waals surface area (Å²) in [7, 11) is 1.40. The number of hydrogen-bond donors (Lipinski definition) is 1. The van der Waals surface area contributed by atoms with Crippen molar-refractivity contribution in [3.05, 3.63) is 0 Å². The second-order valence-electron chi connectivity index (χ2n) is 4.24. The lowest BCUT2D eigenvalue weighted by Crippen LogP contribution is -2.33. The minimum absolute atomic E-state index is 0.308. The first-order chi connectivity index (χ1) is 5.53. The van der Waals surface area contributed by atoms with E-state index in [1.54, 1.807) is 0 Å². The number of methoxy groups -OCH3 is 1. The van der Waals surface area contributed by atoms with Gasteiger partial charge in [0.1, 0.15) is 0 Å². The zero-order valence-corrected chi connectivity index (χ0v) is 8.02. The van der Waals surface area contributed by atoms with E-state index >= 15 is 0 Å². The molecule has 1 unspecified atom stereocenters. The van der Waals surface area contributed by atoms with E-state index in [9.17, 15) is 4.79 Å². The highest BCUT2D eigenvalue weighted by Gasteiger charge is 2.31. The molecular formula is C9H17NO2. The average Bonchev–Trinajstić information content (AvgIpc) is 2.30. The van der Waals surface area contributed by atoms with Gasteiger partial charge in [-0.25, -0.2) is 4.79 Å². The van der Waals surface area contributed by atoms with Crippen LogP contribution in [0.3, 0.4) is 0 Å². The second kappa shape index (κ2) is 3.33. The van der Waals surface area contributed by atoms with E-state index in [1.165, 1.54) is 13.5 Å². The molecule has 1 atom stereocenters. The highest BCUT2D eigenvalue weighted by atomic mass is 16.5. The average molecular weight is 171 g/mol. The molecule has 1 rings (SSSR count). The van der Waals surface area contributed by atoms with Gasteiger partial charge in [0.2, 0.25) is 0 Å². The summed E-state index contributed by atoms with van der Waals surface area (Å²) in [5, 5.41) is 2.82. The fourth-order valence-electron chi connectivity index (χ4n) is 1.78. The maximum atomic E-state index is 10.8. The van der Waals surface area contributed by atoms with Crippen LogP contribution in [0.25, 0.3) is 0 Å². The van der Waals surface area contributed by atoms with Crippen LogP contribution in [-0.4, -0.2) is 19.2 Å². The van der Waals surface area contributed by atoms with E-state index < -0.39 is 0 Å². The van der Waals surface area contributed by atoms with E-state index in [1.807, 2.05) is 0 Å². The molecular weight excluding hydrogens is 154 g/mol. The van der Waals surface area contributed by atoms with Gasteiger partial charge in [-0.1, -0.05) is 13.8 Å². The van der Waals surface area contributed by atoms with E-state index in [2.05, 4.69) is 23.9 Å². The SMILES string of the molecule is COC(=O)NC1CCC(C)(C)C1. The van der Waals surface area contributed by atoms with Gasteiger partial charge in [0.15, 0.2) is 0 Å². The molecule has 0 aromatic rings. The van der Waals surface area contributed by atoms with E-state index in [-0.39, 0.29) is 6.09 Å². The number of nitrogens with one attached hydrogen (secondary N) is 1. The number of amides is 1. The highest BCUT2D eigenvalue weighted by molar-refractivity contribution is 5.67. The maximum absolute atomic E-state index is 10.8. The van der Waals surface area contributed by atoms with Crippen molar-refractivity contribution < 1.29 is 9.53 Å². The summed E-state index contributed by atoms with van der Waals surface area (Å²) < 4.78 is 4.53. The summed E-state index contributed by atoms with van der Waals surface area (Å²) in [6, 6.07) is 0.312. The Labute approximate surface area is 73.5 Å². The van der Waals surface area contributed by atoms with Crippen LogP contribution in [0.2, 0.25) is 0 Å². The molecule has 0 aromatic heterocycles. The molecule has 1 fully saturated rings. The molecule has 1 N–H and O–H groups in total. The Hall–Kier alpha value is -0.730. The van der Waals surface area contributed by atoms with Crippen molar-refractivity contribution in [1.82, 2.24) is 5.32 Å². The number of ether oxygens (including phenoxy) is 1. The summed E-state index contributed by atoms with van der Waals surface area (Å²) in [4.78, 5) is 10.8. The van der Waals surface area contributed by atoms with E-state index in [0.29, 0.717) is 11.5 Å². The Morgan fingerprint density at radius 3 is 2.67 bits per heavy atom. The first-order valence-electron chi connectivity index (χ1n) is 4.38. The molecule has 1 amide bonds. The van der Waals surface area contributed by atoms with Gasteiger partial charge in [0, 0.05) is 6.04 Å². The second-order valence-corrected chi connectivity index (χ2v) is 4.24. The molecule has 1 aliphatic carbocycles. The van der Waals surface area contributed by atoms with Crippen molar-refractivity contribution in [2.45, 2.75) is 39.2 Å².